The van der Waals surface area contributed by atoms with E-state index in [1.54, 1.807) is 0 Å². The Bertz CT molecular complexity index is 1130. The van der Waals surface area contributed by atoms with Crippen LogP contribution in [0.15, 0.2) is 36.4 Å². The van der Waals surface area contributed by atoms with Crippen molar-refractivity contribution in [3.63, 3.8) is 0 Å². The quantitative estimate of drug-likeness (QED) is 0.381. The van der Waals surface area contributed by atoms with Crippen LogP contribution in [0.25, 0.3) is 10.9 Å². The van der Waals surface area contributed by atoms with Gasteiger partial charge in [0, 0.05) is 24.2 Å². The normalized spacial score (nSPS) is 10.5. The zero-order valence-electron chi connectivity index (χ0n) is 17.9. The molecule has 0 aliphatic carbocycles. The maximum absolute atomic E-state index is 9.51. The van der Waals surface area contributed by atoms with Gasteiger partial charge in [-0.1, -0.05) is 18.2 Å². The van der Waals surface area contributed by atoms with Gasteiger partial charge in [-0.15, -0.1) is 0 Å². The van der Waals surface area contributed by atoms with Crippen LogP contribution in [0.2, 0.25) is 0 Å². The summed E-state index contributed by atoms with van der Waals surface area (Å²) in [7, 11) is 0. The van der Waals surface area contributed by atoms with Gasteiger partial charge in [-0.3, -0.25) is 0 Å². The molecule has 0 radical (unpaired) electrons. The monoisotopic (exact) mass is 417 g/mol. The van der Waals surface area contributed by atoms with E-state index in [1.165, 1.54) is 11.1 Å². The number of benzene rings is 2. The number of anilines is 2. The first-order chi connectivity index (χ1) is 14.4. The van der Waals surface area contributed by atoms with Crippen molar-refractivity contribution >= 4 is 39.7 Å². The highest BCUT2D eigenvalue weighted by atomic mass is 32.1. The summed E-state index contributed by atoms with van der Waals surface area (Å²) in [4.78, 5) is 4.68. The second-order valence-corrected chi connectivity index (χ2v) is 7.96. The summed E-state index contributed by atoms with van der Waals surface area (Å²) in [5, 5.41) is 20.9. The van der Waals surface area contributed by atoms with Crippen molar-refractivity contribution in [2.75, 3.05) is 23.7 Å². The Balaban J connectivity index is 1.54. The van der Waals surface area contributed by atoms with E-state index >= 15 is 0 Å². The third-order valence-electron chi connectivity index (χ3n) is 5.19. The first-order valence-electron chi connectivity index (χ1n) is 10.1. The number of fused-ring (bicyclic) bond motifs is 1. The standard InChI is InChI=1S/C24H27N5S/c1-15-11-17(3)20-13-19(14-25)23(28-22(20)12-15)26-9-6-10-27-24(30)29-21-8-5-7-16(2)18(21)4/h5,7-8,11-13H,6,9-10H2,1-4H3,(H,26,28)(H2,27,29,30). The van der Waals surface area contributed by atoms with Gasteiger partial charge < -0.3 is 16.0 Å². The summed E-state index contributed by atoms with van der Waals surface area (Å²) < 4.78 is 0. The van der Waals surface area contributed by atoms with Crippen LogP contribution in [0.1, 0.15) is 34.2 Å². The molecule has 0 atom stereocenters. The fourth-order valence-corrected chi connectivity index (χ4v) is 3.61. The average molecular weight is 418 g/mol. The molecule has 0 fully saturated rings. The lowest BCUT2D eigenvalue weighted by Crippen LogP contribution is -2.30. The minimum atomic E-state index is 0.564. The van der Waals surface area contributed by atoms with Gasteiger partial charge in [0.1, 0.15) is 11.9 Å². The largest absolute Gasteiger partial charge is 0.369 e. The number of aromatic nitrogens is 1. The molecule has 0 amide bonds. The highest BCUT2D eigenvalue weighted by Gasteiger charge is 2.09. The Hall–Kier alpha value is -3.17. The number of nitrogens with one attached hydrogen (secondary N) is 3. The first kappa shape index (κ1) is 21.5. The molecular weight excluding hydrogens is 390 g/mol. The Morgan fingerprint density at radius 3 is 2.63 bits per heavy atom. The van der Waals surface area contributed by atoms with Gasteiger partial charge >= 0.3 is 0 Å². The molecule has 5 nitrogen and oxygen atoms in total. The van der Waals surface area contributed by atoms with E-state index in [2.05, 4.69) is 59.9 Å². The fraction of sp³-hybridized carbons (Fsp3) is 0.292. The summed E-state index contributed by atoms with van der Waals surface area (Å²) in [6, 6.07) is 14.5. The molecule has 0 saturated carbocycles. The molecule has 0 unspecified atom stereocenters. The zero-order valence-corrected chi connectivity index (χ0v) is 18.7. The maximum atomic E-state index is 9.51. The van der Waals surface area contributed by atoms with Gasteiger partial charge in [0.05, 0.1) is 11.1 Å². The average Bonchev–Trinajstić information content (AvgIpc) is 2.70. The van der Waals surface area contributed by atoms with E-state index in [0.717, 1.165) is 40.7 Å². The van der Waals surface area contributed by atoms with Crippen molar-refractivity contribution in [1.29, 1.82) is 5.26 Å². The van der Waals surface area contributed by atoms with Crippen LogP contribution in [0.3, 0.4) is 0 Å². The smallest absolute Gasteiger partial charge is 0.170 e. The van der Waals surface area contributed by atoms with Crippen molar-refractivity contribution in [2.24, 2.45) is 0 Å². The number of aryl methyl sites for hydroxylation is 3. The molecule has 2 aromatic carbocycles. The second kappa shape index (κ2) is 9.55. The van der Waals surface area contributed by atoms with Crippen LogP contribution in [0, 0.1) is 39.0 Å². The molecular formula is C24H27N5S. The summed E-state index contributed by atoms with van der Waals surface area (Å²) in [6.07, 6.45) is 0.839. The lowest BCUT2D eigenvalue weighted by Gasteiger charge is -2.14. The molecule has 30 heavy (non-hydrogen) atoms. The van der Waals surface area contributed by atoms with Crippen molar-refractivity contribution in [3.8, 4) is 6.07 Å². The summed E-state index contributed by atoms with van der Waals surface area (Å²) in [6.45, 7) is 9.68. The molecule has 0 bridgehead atoms. The molecule has 3 aromatic rings. The summed E-state index contributed by atoms with van der Waals surface area (Å²) in [5.41, 5.74) is 7.22. The first-order valence-corrected chi connectivity index (χ1v) is 10.5. The predicted molar refractivity (Wildman–Crippen MR) is 129 cm³/mol. The van der Waals surface area contributed by atoms with Gasteiger partial charge in [0.15, 0.2) is 5.11 Å². The molecule has 0 aliphatic rings. The maximum Gasteiger partial charge on any atom is 0.170 e. The molecule has 0 aliphatic heterocycles. The Kier molecular flexibility index (Phi) is 6.86. The molecule has 3 rings (SSSR count). The van der Waals surface area contributed by atoms with Crippen LogP contribution in [-0.2, 0) is 0 Å². The third-order valence-corrected chi connectivity index (χ3v) is 5.44. The molecule has 3 N–H and O–H groups in total. The Morgan fingerprint density at radius 2 is 1.87 bits per heavy atom. The van der Waals surface area contributed by atoms with Crippen LogP contribution < -0.4 is 16.0 Å². The highest BCUT2D eigenvalue weighted by Crippen LogP contribution is 2.24. The summed E-state index contributed by atoms with van der Waals surface area (Å²) in [5.74, 6) is 0.631. The fourth-order valence-electron chi connectivity index (χ4n) is 3.40. The minimum Gasteiger partial charge on any atom is -0.369 e. The van der Waals surface area contributed by atoms with Crippen LogP contribution >= 0.6 is 12.2 Å². The Morgan fingerprint density at radius 1 is 1.07 bits per heavy atom. The molecule has 6 heteroatoms. The third kappa shape index (κ3) is 5.05. The number of rotatable bonds is 6. The number of thiocarbonyl (C=S) groups is 1. The summed E-state index contributed by atoms with van der Waals surface area (Å²) >= 11 is 5.40. The van der Waals surface area contributed by atoms with E-state index in [-0.39, 0.29) is 0 Å². The van der Waals surface area contributed by atoms with Crippen LogP contribution in [0.4, 0.5) is 11.5 Å². The molecule has 0 spiro atoms. The minimum absolute atomic E-state index is 0.564. The predicted octanol–water partition coefficient (Wildman–Crippen LogP) is 5.13. The number of pyridine rings is 1. The molecule has 0 saturated heterocycles. The second-order valence-electron chi connectivity index (χ2n) is 7.55. The van der Waals surface area contributed by atoms with Gasteiger partial charge in [-0.25, -0.2) is 4.98 Å². The van der Waals surface area contributed by atoms with E-state index in [4.69, 9.17) is 12.2 Å². The van der Waals surface area contributed by atoms with Crippen LogP contribution in [0.5, 0.6) is 0 Å². The molecule has 1 heterocycles. The van der Waals surface area contributed by atoms with Gasteiger partial charge in [0.25, 0.3) is 0 Å². The van der Waals surface area contributed by atoms with Crippen molar-refractivity contribution in [3.05, 3.63) is 64.2 Å². The SMILES string of the molecule is Cc1cc(C)c2cc(C#N)c(NCCCNC(=S)Nc3cccc(C)c3C)nc2c1. The van der Waals surface area contributed by atoms with E-state index in [9.17, 15) is 5.26 Å². The van der Waals surface area contributed by atoms with E-state index in [0.29, 0.717) is 23.0 Å². The Labute approximate surface area is 183 Å². The lowest BCUT2D eigenvalue weighted by molar-refractivity contribution is 0.807. The number of hydrogen-bond acceptors (Lipinski definition) is 4. The highest BCUT2D eigenvalue weighted by molar-refractivity contribution is 7.80. The van der Waals surface area contributed by atoms with Crippen molar-refractivity contribution < 1.29 is 0 Å². The van der Waals surface area contributed by atoms with E-state index in [1.807, 2.05) is 31.2 Å². The lowest BCUT2D eigenvalue weighted by atomic mass is 10.0. The topological polar surface area (TPSA) is 72.8 Å². The van der Waals surface area contributed by atoms with Crippen LogP contribution in [-0.4, -0.2) is 23.2 Å². The van der Waals surface area contributed by atoms with Gasteiger partial charge in [-0.2, -0.15) is 5.26 Å². The number of hydrogen-bond donors (Lipinski definition) is 3. The van der Waals surface area contributed by atoms with Crippen molar-refractivity contribution in [2.45, 2.75) is 34.1 Å². The molecule has 1 aromatic heterocycles. The molecule has 154 valence electrons. The van der Waals surface area contributed by atoms with Gasteiger partial charge in [0.2, 0.25) is 0 Å². The number of nitrogens with zero attached hydrogens (tertiary/aromatic N) is 2. The number of nitriles is 1. The van der Waals surface area contributed by atoms with Gasteiger partial charge in [-0.05, 0) is 86.8 Å². The zero-order chi connectivity index (χ0) is 21.7. The van der Waals surface area contributed by atoms with E-state index < -0.39 is 0 Å². The van der Waals surface area contributed by atoms with Crippen molar-refractivity contribution in [1.82, 2.24) is 10.3 Å².